The Bertz CT molecular complexity index is 1210. The van der Waals surface area contributed by atoms with Gasteiger partial charge in [-0.2, -0.15) is 17.7 Å². The predicted octanol–water partition coefficient (Wildman–Crippen LogP) is 3.09. The molecule has 8 nitrogen and oxygen atoms in total. The molecule has 14 heteroatoms. The normalized spacial score (nSPS) is 23.3. The summed E-state index contributed by atoms with van der Waals surface area (Å²) in [5.41, 5.74) is 2.87. The van der Waals surface area contributed by atoms with Crippen molar-refractivity contribution < 1.29 is 35.8 Å². The van der Waals surface area contributed by atoms with Crippen LogP contribution in [-0.2, 0) is 6.42 Å². The Morgan fingerprint density at radius 2 is 1.91 bits per heavy atom. The van der Waals surface area contributed by atoms with Gasteiger partial charge in [0.1, 0.15) is 5.52 Å². The number of fused-ring (bicyclic) bond motifs is 5. The van der Waals surface area contributed by atoms with Crippen molar-refractivity contribution in [1.29, 1.82) is 0 Å². The second-order valence-corrected chi connectivity index (χ2v) is 7.78. The number of rotatable bonds is 3. The van der Waals surface area contributed by atoms with Crippen molar-refractivity contribution in [3.63, 3.8) is 0 Å². The van der Waals surface area contributed by atoms with E-state index in [-0.39, 0.29) is 53.8 Å². The summed E-state index contributed by atoms with van der Waals surface area (Å²) >= 11 is 0. The Balaban J connectivity index is 1.42. The van der Waals surface area contributed by atoms with Crippen molar-refractivity contribution in [3.8, 4) is 11.5 Å². The third-order valence-electron chi connectivity index (χ3n) is 5.56. The van der Waals surface area contributed by atoms with Gasteiger partial charge in [-0.1, -0.05) is 0 Å². The molecule has 32 heavy (non-hydrogen) atoms. The molecule has 0 amide bonds. The standard InChI is InChI=1S/C18H16F6N6O2/c19-16(17(20,21)22)5-1-6-29(8-16)7-4-11-26-14-9-2-3-10-13(32-18(23,24)31-10)12(9)27-15(25)30(14)28-11/h2-3H,1,4-8H2,(H2,25,27). The fraction of sp³-hybridized carbons (Fsp3) is 0.500. The first-order valence-electron chi connectivity index (χ1n) is 9.67. The maximum absolute atomic E-state index is 14.3. The summed E-state index contributed by atoms with van der Waals surface area (Å²) in [6.07, 6.45) is -9.14. The number of hydrogen-bond donors (Lipinski definition) is 1. The van der Waals surface area contributed by atoms with Crippen LogP contribution in [0.25, 0.3) is 16.6 Å². The lowest BCUT2D eigenvalue weighted by Crippen LogP contribution is -2.54. The van der Waals surface area contributed by atoms with Gasteiger partial charge in [0.05, 0.1) is 0 Å². The van der Waals surface area contributed by atoms with E-state index < -0.39 is 31.1 Å². The Morgan fingerprint density at radius 3 is 2.66 bits per heavy atom. The highest BCUT2D eigenvalue weighted by molar-refractivity contribution is 5.97. The first-order valence-corrected chi connectivity index (χ1v) is 9.67. The SMILES string of the molecule is Nc1nc2c3c(ccc2c2nc(CCN4CCCC(F)(C(F)(F)F)C4)nn12)OC(F)(F)O3. The summed E-state index contributed by atoms with van der Waals surface area (Å²) in [6, 6.07) is 2.72. The summed E-state index contributed by atoms with van der Waals surface area (Å²) in [6.45, 7) is -0.337. The number of ether oxygens (including phenoxy) is 2. The fourth-order valence-electron chi connectivity index (χ4n) is 4.02. The van der Waals surface area contributed by atoms with Crippen LogP contribution in [0.15, 0.2) is 12.1 Å². The van der Waals surface area contributed by atoms with E-state index in [1.54, 1.807) is 0 Å². The summed E-state index contributed by atoms with van der Waals surface area (Å²) in [5, 5.41) is 4.52. The number of alkyl halides is 6. The molecule has 1 atom stereocenters. The maximum Gasteiger partial charge on any atom is 0.586 e. The highest BCUT2D eigenvalue weighted by Crippen LogP contribution is 2.45. The number of anilines is 1. The average molecular weight is 462 g/mol. The molecule has 0 bridgehead atoms. The molecule has 1 fully saturated rings. The van der Waals surface area contributed by atoms with Gasteiger partial charge in [-0.05, 0) is 31.5 Å². The number of likely N-dealkylation sites (tertiary alicyclic amines) is 1. The monoisotopic (exact) mass is 462 g/mol. The van der Waals surface area contributed by atoms with Crippen LogP contribution in [-0.4, -0.2) is 62.3 Å². The Labute approximate surface area is 175 Å². The second-order valence-electron chi connectivity index (χ2n) is 7.78. The van der Waals surface area contributed by atoms with E-state index in [4.69, 9.17) is 5.73 Å². The van der Waals surface area contributed by atoms with Gasteiger partial charge in [0.25, 0.3) is 0 Å². The summed E-state index contributed by atoms with van der Waals surface area (Å²) in [7, 11) is 0. The molecular formula is C18H16F6N6O2. The molecule has 2 aromatic heterocycles. The van der Waals surface area contributed by atoms with Crippen LogP contribution in [0.2, 0.25) is 0 Å². The summed E-state index contributed by atoms with van der Waals surface area (Å²) in [5.74, 6) is -0.415. The van der Waals surface area contributed by atoms with Crippen molar-refractivity contribution >= 4 is 22.5 Å². The molecule has 1 unspecified atom stereocenters. The smallest absolute Gasteiger partial charge is 0.395 e. The minimum Gasteiger partial charge on any atom is -0.395 e. The van der Waals surface area contributed by atoms with Gasteiger partial charge in [0.15, 0.2) is 23.0 Å². The lowest BCUT2D eigenvalue weighted by molar-refractivity contribution is -0.286. The number of nitrogen functional groups attached to an aromatic ring is 1. The van der Waals surface area contributed by atoms with Gasteiger partial charge >= 0.3 is 12.5 Å². The van der Waals surface area contributed by atoms with Crippen molar-refractivity contribution in [1.82, 2.24) is 24.5 Å². The molecule has 0 spiro atoms. The number of hydrogen-bond acceptors (Lipinski definition) is 7. The van der Waals surface area contributed by atoms with Crippen LogP contribution >= 0.6 is 0 Å². The van der Waals surface area contributed by atoms with Crippen LogP contribution in [0.5, 0.6) is 11.5 Å². The Morgan fingerprint density at radius 1 is 1.12 bits per heavy atom. The first-order chi connectivity index (χ1) is 15.0. The largest absolute Gasteiger partial charge is 0.586 e. The van der Waals surface area contributed by atoms with Crippen molar-refractivity contribution in [2.45, 2.75) is 37.4 Å². The van der Waals surface area contributed by atoms with Gasteiger partial charge in [0, 0.05) is 24.9 Å². The zero-order valence-electron chi connectivity index (χ0n) is 16.3. The van der Waals surface area contributed by atoms with Gasteiger partial charge in [-0.15, -0.1) is 13.9 Å². The van der Waals surface area contributed by atoms with Crippen molar-refractivity contribution in [3.05, 3.63) is 18.0 Å². The van der Waals surface area contributed by atoms with Crippen LogP contribution in [0.4, 0.5) is 32.3 Å². The third kappa shape index (κ3) is 3.32. The maximum atomic E-state index is 14.3. The molecule has 3 aromatic rings. The van der Waals surface area contributed by atoms with Crippen LogP contribution < -0.4 is 15.2 Å². The number of piperidine rings is 1. The fourth-order valence-corrected chi connectivity index (χ4v) is 4.02. The minimum atomic E-state index is -4.94. The number of nitrogens with zero attached hydrogens (tertiary/aromatic N) is 5. The van der Waals surface area contributed by atoms with E-state index >= 15 is 0 Å². The average Bonchev–Trinajstić information content (AvgIpc) is 3.26. The van der Waals surface area contributed by atoms with E-state index in [9.17, 15) is 26.3 Å². The van der Waals surface area contributed by atoms with Gasteiger partial charge in [0.2, 0.25) is 11.6 Å². The number of benzene rings is 1. The van der Waals surface area contributed by atoms with Crippen LogP contribution in [0.1, 0.15) is 18.7 Å². The van der Waals surface area contributed by atoms with E-state index in [2.05, 4.69) is 24.5 Å². The molecular weight excluding hydrogens is 446 g/mol. The van der Waals surface area contributed by atoms with Gasteiger partial charge in [-0.3, -0.25) is 4.90 Å². The molecule has 0 aliphatic carbocycles. The third-order valence-corrected chi connectivity index (χ3v) is 5.56. The number of nitrogens with two attached hydrogens (primary N) is 1. The molecule has 2 aliphatic rings. The zero-order valence-corrected chi connectivity index (χ0v) is 16.3. The summed E-state index contributed by atoms with van der Waals surface area (Å²) < 4.78 is 90.4. The zero-order chi connectivity index (χ0) is 22.9. The molecule has 5 rings (SSSR count). The summed E-state index contributed by atoms with van der Waals surface area (Å²) in [4.78, 5) is 9.78. The lowest BCUT2D eigenvalue weighted by Gasteiger charge is -2.38. The second kappa shape index (κ2) is 6.73. The Hall–Kier alpha value is -3.03. The van der Waals surface area contributed by atoms with Crippen LogP contribution in [0.3, 0.4) is 0 Å². The molecule has 172 valence electrons. The van der Waals surface area contributed by atoms with E-state index in [1.807, 2.05) is 0 Å². The van der Waals surface area contributed by atoms with Gasteiger partial charge in [-0.25, -0.2) is 14.4 Å². The van der Waals surface area contributed by atoms with E-state index in [0.717, 1.165) is 0 Å². The molecule has 2 aliphatic heterocycles. The van der Waals surface area contributed by atoms with Crippen molar-refractivity contribution in [2.24, 2.45) is 0 Å². The molecule has 1 aromatic carbocycles. The number of halogens is 6. The topological polar surface area (TPSA) is 90.8 Å². The van der Waals surface area contributed by atoms with Gasteiger partial charge < -0.3 is 15.2 Å². The van der Waals surface area contributed by atoms with E-state index in [1.165, 1.54) is 21.5 Å². The molecule has 0 radical (unpaired) electrons. The van der Waals surface area contributed by atoms with Crippen molar-refractivity contribution in [2.75, 3.05) is 25.4 Å². The first kappa shape index (κ1) is 20.8. The Kier molecular flexibility index (Phi) is 4.39. The predicted molar refractivity (Wildman–Crippen MR) is 98.2 cm³/mol. The van der Waals surface area contributed by atoms with E-state index in [0.29, 0.717) is 11.9 Å². The molecule has 0 saturated carbocycles. The molecule has 1 saturated heterocycles. The lowest BCUT2D eigenvalue weighted by atomic mass is 9.94. The highest BCUT2D eigenvalue weighted by Gasteiger charge is 2.57. The molecule has 4 heterocycles. The minimum absolute atomic E-state index is 0.00652. The quantitative estimate of drug-likeness (QED) is 0.599. The van der Waals surface area contributed by atoms with Crippen LogP contribution in [0, 0.1) is 0 Å². The molecule has 2 N–H and O–H groups in total. The highest BCUT2D eigenvalue weighted by atomic mass is 19.4. The number of aromatic nitrogens is 4.